The van der Waals surface area contributed by atoms with Crippen molar-refractivity contribution in [1.29, 1.82) is 0 Å². The Kier molecular flexibility index (Phi) is 4.23. The Morgan fingerprint density at radius 2 is 2.16 bits per heavy atom. The Bertz CT molecular complexity index is 559. The summed E-state index contributed by atoms with van der Waals surface area (Å²) < 4.78 is 39.8. The van der Waals surface area contributed by atoms with Gasteiger partial charge in [-0.1, -0.05) is 12.5 Å². The van der Waals surface area contributed by atoms with Crippen LogP contribution in [0.2, 0.25) is 0 Å². The zero-order valence-electron chi connectivity index (χ0n) is 10.8. The van der Waals surface area contributed by atoms with Gasteiger partial charge in [0, 0.05) is 6.54 Å². The maximum atomic E-state index is 13.4. The van der Waals surface area contributed by atoms with Gasteiger partial charge in [0.25, 0.3) is 0 Å². The van der Waals surface area contributed by atoms with Gasteiger partial charge in [0.15, 0.2) is 0 Å². The van der Waals surface area contributed by atoms with Crippen LogP contribution in [0.25, 0.3) is 0 Å². The van der Waals surface area contributed by atoms with Crippen molar-refractivity contribution < 1.29 is 17.9 Å². The second-order valence-electron chi connectivity index (χ2n) is 5.02. The van der Waals surface area contributed by atoms with Gasteiger partial charge in [-0.05, 0) is 43.4 Å². The standard InChI is InChI=1S/C13H18FNO3S/c1-9-5-6-11(7-12(9)14)19(17,18)15-8-10-3-2-4-13(10)16/h5-7,10,13,15-16H,2-4,8H2,1H3. The normalized spacial score (nSPS) is 23.7. The van der Waals surface area contributed by atoms with E-state index >= 15 is 0 Å². The van der Waals surface area contributed by atoms with Crippen LogP contribution in [-0.4, -0.2) is 26.2 Å². The van der Waals surface area contributed by atoms with Crippen molar-refractivity contribution in [3.05, 3.63) is 29.6 Å². The van der Waals surface area contributed by atoms with E-state index < -0.39 is 21.9 Å². The fourth-order valence-corrected chi connectivity index (χ4v) is 3.40. The van der Waals surface area contributed by atoms with Gasteiger partial charge in [-0.3, -0.25) is 0 Å². The average Bonchev–Trinajstić information content (AvgIpc) is 2.76. The molecular weight excluding hydrogens is 269 g/mol. The molecule has 0 radical (unpaired) electrons. The molecule has 0 aromatic heterocycles. The number of aliphatic hydroxyl groups is 1. The summed E-state index contributed by atoms with van der Waals surface area (Å²) in [6.45, 7) is 1.77. The largest absolute Gasteiger partial charge is 0.393 e. The lowest BCUT2D eigenvalue weighted by Crippen LogP contribution is -2.32. The topological polar surface area (TPSA) is 66.4 Å². The monoisotopic (exact) mass is 287 g/mol. The van der Waals surface area contributed by atoms with Crippen LogP contribution in [0.5, 0.6) is 0 Å². The number of hydrogen-bond acceptors (Lipinski definition) is 3. The highest BCUT2D eigenvalue weighted by atomic mass is 32.2. The van der Waals surface area contributed by atoms with E-state index in [-0.39, 0.29) is 17.4 Å². The molecule has 6 heteroatoms. The molecule has 0 amide bonds. The van der Waals surface area contributed by atoms with E-state index in [0.29, 0.717) is 12.0 Å². The smallest absolute Gasteiger partial charge is 0.240 e. The summed E-state index contributed by atoms with van der Waals surface area (Å²) in [5.74, 6) is -0.589. The molecule has 1 aromatic rings. The van der Waals surface area contributed by atoms with Crippen LogP contribution >= 0.6 is 0 Å². The van der Waals surface area contributed by atoms with Crippen LogP contribution in [0.4, 0.5) is 4.39 Å². The number of benzene rings is 1. The summed E-state index contributed by atoms with van der Waals surface area (Å²) in [5.41, 5.74) is 0.408. The number of sulfonamides is 1. The molecule has 1 aliphatic carbocycles. The van der Waals surface area contributed by atoms with Crippen molar-refractivity contribution in [2.75, 3.05) is 6.54 Å². The number of halogens is 1. The predicted molar refractivity (Wildman–Crippen MR) is 69.7 cm³/mol. The highest BCUT2D eigenvalue weighted by molar-refractivity contribution is 7.89. The zero-order chi connectivity index (χ0) is 14.0. The molecule has 0 aliphatic heterocycles. The summed E-state index contributed by atoms with van der Waals surface area (Å²) in [5, 5.41) is 9.64. The highest BCUT2D eigenvalue weighted by Gasteiger charge is 2.27. The third kappa shape index (κ3) is 3.32. The second kappa shape index (κ2) is 5.56. The minimum Gasteiger partial charge on any atom is -0.393 e. The SMILES string of the molecule is Cc1ccc(S(=O)(=O)NCC2CCCC2O)cc1F. The molecular formula is C13H18FNO3S. The molecule has 2 unspecified atom stereocenters. The number of rotatable bonds is 4. The first-order valence-electron chi connectivity index (χ1n) is 6.34. The minimum atomic E-state index is -3.71. The van der Waals surface area contributed by atoms with Gasteiger partial charge in [0.1, 0.15) is 5.82 Å². The zero-order valence-corrected chi connectivity index (χ0v) is 11.6. The molecule has 1 aliphatic rings. The van der Waals surface area contributed by atoms with Crippen LogP contribution in [0.3, 0.4) is 0 Å². The number of nitrogens with one attached hydrogen (secondary N) is 1. The molecule has 4 nitrogen and oxygen atoms in total. The summed E-state index contributed by atoms with van der Waals surface area (Å²) in [6, 6.07) is 3.84. The molecule has 1 saturated carbocycles. The van der Waals surface area contributed by atoms with Crippen molar-refractivity contribution in [2.45, 2.75) is 37.2 Å². The van der Waals surface area contributed by atoms with Crippen LogP contribution in [-0.2, 0) is 10.0 Å². The summed E-state index contributed by atoms with van der Waals surface area (Å²) in [7, 11) is -3.71. The van der Waals surface area contributed by atoms with Crippen molar-refractivity contribution in [3.63, 3.8) is 0 Å². The molecule has 2 rings (SSSR count). The summed E-state index contributed by atoms with van der Waals surface area (Å²) in [4.78, 5) is -0.0805. The van der Waals surface area contributed by atoms with Crippen LogP contribution in [0.15, 0.2) is 23.1 Å². The molecule has 2 N–H and O–H groups in total. The van der Waals surface area contributed by atoms with Gasteiger partial charge in [0.2, 0.25) is 10.0 Å². The van der Waals surface area contributed by atoms with Gasteiger partial charge in [-0.25, -0.2) is 17.5 Å². The van der Waals surface area contributed by atoms with Crippen molar-refractivity contribution in [3.8, 4) is 0 Å². The third-order valence-corrected chi connectivity index (χ3v) is 5.03. The molecule has 0 spiro atoms. The predicted octanol–water partition coefficient (Wildman–Crippen LogP) is 1.57. The lowest BCUT2D eigenvalue weighted by Gasteiger charge is -2.15. The van der Waals surface area contributed by atoms with Gasteiger partial charge in [-0.15, -0.1) is 0 Å². The lowest BCUT2D eigenvalue weighted by molar-refractivity contribution is 0.134. The molecule has 1 aromatic carbocycles. The van der Waals surface area contributed by atoms with E-state index in [4.69, 9.17) is 0 Å². The molecule has 2 atom stereocenters. The average molecular weight is 287 g/mol. The van der Waals surface area contributed by atoms with Crippen molar-refractivity contribution >= 4 is 10.0 Å². The van der Waals surface area contributed by atoms with Crippen molar-refractivity contribution in [1.82, 2.24) is 4.72 Å². The van der Waals surface area contributed by atoms with Crippen LogP contribution < -0.4 is 4.72 Å². The fraction of sp³-hybridized carbons (Fsp3) is 0.538. The van der Waals surface area contributed by atoms with Crippen LogP contribution in [0.1, 0.15) is 24.8 Å². The Morgan fingerprint density at radius 1 is 1.42 bits per heavy atom. The maximum Gasteiger partial charge on any atom is 0.240 e. The Hall–Kier alpha value is -0.980. The number of aryl methyl sites for hydroxylation is 1. The molecule has 106 valence electrons. The Labute approximate surface area is 112 Å². The van der Waals surface area contributed by atoms with Gasteiger partial charge in [0.05, 0.1) is 11.0 Å². The van der Waals surface area contributed by atoms with E-state index in [0.717, 1.165) is 18.9 Å². The Morgan fingerprint density at radius 3 is 2.74 bits per heavy atom. The first-order valence-corrected chi connectivity index (χ1v) is 7.82. The van der Waals surface area contributed by atoms with Gasteiger partial charge >= 0.3 is 0 Å². The van der Waals surface area contributed by atoms with E-state index in [1.807, 2.05) is 0 Å². The molecule has 0 heterocycles. The summed E-state index contributed by atoms with van der Waals surface area (Å²) in [6.07, 6.45) is 1.99. The van der Waals surface area contributed by atoms with Gasteiger partial charge in [-0.2, -0.15) is 0 Å². The minimum absolute atomic E-state index is 0.0509. The second-order valence-corrected chi connectivity index (χ2v) is 6.79. The number of hydrogen-bond donors (Lipinski definition) is 2. The lowest BCUT2D eigenvalue weighted by atomic mass is 10.1. The quantitative estimate of drug-likeness (QED) is 0.883. The fourth-order valence-electron chi connectivity index (χ4n) is 2.30. The highest BCUT2D eigenvalue weighted by Crippen LogP contribution is 2.25. The molecule has 0 saturated heterocycles. The Balaban J connectivity index is 2.07. The third-order valence-electron chi connectivity index (χ3n) is 3.61. The summed E-state index contributed by atoms with van der Waals surface area (Å²) >= 11 is 0. The first kappa shape index (κ1) is 14.4. The maximum absolute atomic E-state index is 13.4. The molecule has 19 heavy (non-hydrogen) atoms. The number of aliphatic hydroxyl groups excluding tert-OH is 1. The molecule has 1 fully saturated rings. The molecule has 0 bridgehead atoms. The van der Waals surface area contributed by atoms with E-state index in [2.05, 4.69) is 4.72 Å². The van der Waals surface area contributed by atoms with E-state index in [9.17, 15) is 17.9 Å². The van der Waals surface area contributed by atoms with Gasteiger partial charge < -0.3 is 5.11 Å². The van der Waals surface area contributed by atoms with E-state index in [1.54, 1.807) is 6.92 Å². The van der Waals surface area contributed by atoms with Crippen molar-refractivity contribution in [2.24, 2.45) is 5.92 Å². The van der Waals surface area contributed by atoms with E-state index in [1.165, 1.54) is 12.1 Å². The van der Waals surface area contributed by atoms with Crippen LogP contribution in [0, 0.1) is 18.7 Å². The first-order chi connectivity index (χ1) is 8.90.